The van der Waals surface area contributed by atoms with E-state index in [-0.39, 0.29) is 5.91 Å². The first kappa shape index (κ1) is 23.4. The number of benzene rings is 1. The van der Waals surface area contributed by atoms with E-state index in [0.717, 1.165) is 18.8 Å². The Bertz CT molecular complexity index is 1050. The van der Waals surface area contributed by atoms with Crippen LogP contribution in [0, 0.1) is 11.8 Å². The Hall–Kier alpha value is -2.23. The number of amides is 2. The molecule has 0 bridgehead atoms. The molecule has 1 aliphatic carbocycles. The molecule has 0 unspecified atom stereocenters. The average Bonchev–Trinajstić information content (AvgIpc) is 3.08. The van der Waals surface area contributed by atoms with Gasteiger partial charge in [0.25, 0.3) is 5.91 Å². The van der Waals surface area contributed by atoms with E-state index in [2.05, 4.69) is 12.0 Å². The van der Waals surface area contributed by atoms with E-state index in [0.29, 0.717) is 64.5 Å². The van der Waals surface area contributed by atoms with Crippen molar-refractivity contribution in [3.8, 4) is 11.3 Å². The normalized spacial score (nSPS) is 19.5. The zero-order valence-corrected chi connectivity index (χ0v) is 19.2. The zero-order valence-electron chi connectivity index (χ0n) is 16.8. The van der Waals surface area contributed by atoms with Crippen LogP contribution < -0.4 is 5.73 Å². The molecule has 0 atom stereocenters. The third-order valence-corrected chi connectivity index (χ3v) is 6.45. The molecule has 1 saturated carbocycles. The van der Waals surface area contributed by atoms with Crippen LogP contribution in [0.4, 0.5) is 0 Å². The number of nitrogens with two attached hydrogens (primary N) is 1. The fourth-order valence-corrected chi connectivity index (χ4v) is 4.54. The Labute approximate surface area is 193 Å². The van der Waals surface area contributed by atoms with Crippen LogP contribution in [0.3, 0.4) is 0 Å². The Morgan fingerprint density at radius 1 is 1.19 bits per heavy atom. The molecule has 31 heavy (non-hydrogen) atoms. The number of aromatic nitrogens is 2. The number of nitrogens with zero attached hydrogens (tertiary/aromatic N) is 3. The lowest BCUT2D eigenvalue weighted by Gasteiger charge is -2.35. The van der Waals surface area contributed by atoms with Gasteiger partial charge in [0.15, 0.2) is 0 Å². The van der Waals surface area contributed by atoms with Gasteiger partial charge in [0, 0.05) is 18.5 Å². The number of hydrogen-bond donors (Lipinski definition) is 1. The fourth-order valence-electron chi connectivity index (χ4n) is 4.25. The first-order valence-corrected chi connectivity index (χ1v) is 11.2. The highest BCUT2D eigenvalue weighted by molar-refractivity contribution is 7.51. The van der Waals surface area contributed by atoms with Crippen molar-refractivity contribution in [2.24, 2.45) is 17.6 Å². The second kappa shape index (κ2) is 9.93. The van der Waals surface area contributed by atoms with Gasteiger partial charge in [-0.2, -0.15) is 13.5 Å². The summed E-state index contributed by atoms with van der Waals surface area (Å²) in [6, 6.07) is 5.10. The molecule has 1 aliphatic heterocycles. The van der Waals surface area contributed by atoms with Gasteiger partial charge in [-0.3, -0.25) is 14.3 Å². The first-order valence-electron chi connectivity index (χ1n) is 9.79. The lowest BCUT2D eigenvalue weighted by Crippen LogP contribution is -2.40. The topological polar surface area (TPSA) is 115 Å². The molecule has 8 nitrogen and oxygen atoms in total. The van der Waals surface area contributed by atoms with E-state index < -0.39 is 17.5 Å². The number of halogens is 2. The first-order chi connectivity index (χ1) is 14.7. The molecule has 2 heterocycles. The minimum Gasteiger partial charge on any atom is -0.365 e. The Kier molecular flexibility index (Phi) is 7.51. The molecular weight excluding hydrogens is 463 g/mol. The van der Waals surface area contributed by atoms with Gasteiger partial charge in [0.1, 0.15) is 5.69 Å². The Morgan fingerprint density at radius 3 is 2.45 bits per heavy atom. The molecule has 166 valence electrons. The molecule has 2 N–H and O–H groups in total. The van der Waals surface area contributed by atoms with Gasteiger partial charge in [0.05, 0.1) is 34.4 Å². The van der Waals surface area contributed by atoms with Crippen molar-refractivity contribution in [1.29, 1.82) is 0 Å². The molecule has 4 rings (SSSR count). The van der Waals surface area contributed by atoms with Crippen molar-refractivity contribution < 1.29 is 18.0 Å². The van der Waals surface area contributed by atoms with E-state index in [1.165, 1.54) is 0 Å². The molecule has 2 aliphatic rings. The largest absolute Gasteiger partial charge is 0.365 e. The summed E-state index contributed by atoms with van der Waals surface area (Å²) >= 11 is 11.4. The lowest BCUT2D eigenvalue weighted by molar-refractivity contribution is -0.134. The third kappa shape index (κ3) is 5.16. The summed E-state index contributed by atoms with van der Waals surface area (Å²) in [7, 11) is 0. The number of carbonyl (C=O) groups excluding carboxylic acids is 2. The number of carbonyl (C=O) groups is 2. The van der Waals surface area contributed by atoms with Gasteiger partial charge in [-0.05, 0) is 36.8 Å². The fraction of sp³-hybridized carbons (Fsp3) is 0.450. The molecule has 1 aromatic heterocycles. The molecule has 0 spiro atoms. The molecular formula is C20H22Cl2N4O4S. The van der Waals surface area contributed by atoms with Crippen LogP contribution in [0.15, 0.2) is 18.2 Å². The van der Waals surface area contributed by atoms with Crippen molar-refractivity contribution in [2.45, 2.75) is 39.3 Å². The summed E-state index contributed by atoms with van der Waals surface area (Å²) in [6.07, 6.45) is 2.81. The minimum absolute atomic E-state index is 0.135. The quantitative estimate of drug-likeness (QED) is 0.715. The summed E-state index contributed by atoms with van der Waals surface area (Å²) in [6.45, 7) is 3.66. The standard InChI is InChI=1S/C20H22Cl2N4O2.O2S/c1-11-6-12(7-11)8-17(27)25-4-5-26-16(10-25)18(20(23)28)19(24-26)13-2-3-14(21)15(22)9-13;1-3-2/h2-3,9,11-12H,4-8,10H2,1H3,(H2,23,28);. The monoisotopic (exact) mass is 484 g/mol. The SMILES string of the molecule is CC1CC(CC(=O)N2CCn3nc(-c4ccc(Cl)c(Cl)c4)c(C(N)=O)c3C2)C1.O=S=O. The zero-order chi connectivity index (χ0) is 22.7. The molecule has 2 amide bonds. The van der Waals surface area contributed by atoms with E-state index in [1.54, 1.807) is 22.9 Å². The van der Waals surface area contributed by atoms with Gasteiger partial charge < -0.3 is 10.6 Å². The molecule has 1 aromatic carbocycles. The minimum atomic E-state index is -0.750. The molecule has 0 radical (unpaired) electrons. The van der Waals surface area contributed by atoms with Crippen LogP contribution in [-0.2, 0) is 29.5 Å². The molecule has 11 heteroatoms. The van der Waals surface area contributed by atoms with Gasteiger partial charge in [-0.1, -0.05) is 36.2 Å². The summed E-state index contributed by atoms with van der Waals surface area (Å²) in [5.74, 6) is 0.771. The average molecular weight is 485 g/mol. The van der Waals surface area contributed by atoms with Crippen molar-refractivity contribution in [3.05, 3.63) is 39.5 Å². The maximum Gasteiger partial charge on any atom is 0.335 e. The maximum atomic E-state index is 12.7. The number of fused-ring (bicyclic) bond motifs is 1. The van der Waals surface area contributed by atoms with E-state index in [9.17, 15) is 9.59 Å². The van der Waals surface area contributed by atoms with Crippen LogP contribution in [-0.4, -0.2) is 41.5 Å². The van der Waals surface area contributed by atoms with Gasteiger partial charge in [-0.25, -0.2) is 0 Å². The Morgan fingerprint density at radius 2 is 1.87 bits per heavy atom. The van der Waals surface area contributed by atoms with Gasteiger partial charge in [-0.15, -0.1) is 0 Å². The summed E-state index contributed by atoms with van der Waals surface area (Å²) < 4.78 is 18.4. The summed E-state index contributed by atoms with van der Waals surface area (Å²) in [5, 5.41) is 5.39. The molecule has 1 fully saturated rings. The maximum absolute atomic E-state index is 12.7. The van der Waals surface area contributed by atoms with Crippen LogP contribution in [0.5, 0.6) is 0 Å². The third-order valence-electron chi connectivity index (χ3n) is 5.71. The Balaban J connectivity index is 0.000000858. The second-order valence-electron chi connectivity index (χ2n) is 7.92. The van der Waals surface area contributed by atoms with E-state index in [4.69, 9.17) is 37.4 Å². The van der Waals surface area contributed by atoms with Crippen molar-refractivity contribution in [3.63, 3.8) is 0 Å². The van der Waals surface area contributed by atoms with Crippen LogP contribution in [0.2, 0.25) is 10.0 Å². The van der Waals surface area contributed by atoms with Crippen LogP contribution >= 0.6 is 23.2 Å². The van der Waals surface area contributed by atoms with Crippen molar-refractivity contribution in [2.75, 3.05) is 6.54 Å². The number of primary amides is 1. The van der Waals surface area contributed by atoms with Crippen LogP contribution in [0.25, 0.3) is 11.3 Å². The molecule has 0 saturated heterocycles. The predicted octanol–water partition coefficient (Wildman–Crippen LogP) is 3.06. The van der Waals surface area contributed by atoms with Crippen LogP contribution in [0.1, 0.15) is 42.2 Å². The van der Waals surface area contributed by atoms with Crippen molar-refractivity contribution in [1.82, 2.24) is 14.7 Å². The second-order valence-corrected chi connectivity index (χ2v) is 8.87. The molecule has 2 aromatic rings. The van der Waals surface area contributed by atoms with E-state index in [1.807, 2.05) is 4.90 Å². The highest BCUT2D eigenvalue weighted by Crippen LogP contribution is 2.36. The van der Waals surface area contributed by atoms with E-state index >= 15 is 0 Å². The predicted molar refractivity (Wildman–Crippen MR) is 117 cm³/mol. The number of rotatable bonds is 4. The summed E-state index contributed by atoms with van der Waals surface area (Å²) in [4.78, 5) is 26.7. The van der Waals surface area contributed by atoms with Gasteiger partial charge in [0.2, 0.25) is 5.91 Å². The smallest absolute Gasteiger partial charge is 0.335 e. The van der Waals surface area contributed by atoms with Crippen molar-refractivity contribution >= 4 is 46.6 Å². The number of hydrogen-bond acceptors (Lipinski definition) is 5. The van der Waals surface area contributed by atoms with Gasteiger partial charge >= 0.3 is 11.6 Å². The highest BCUT2D eigenvalue weighted by Gasteiger charge is 2.33. The summed E-state index contributed by atoms with van der Waals surface area (Å²) in [5.41, 5.74) is 7.85. The lowest BCUT2D eigenvalue weighted by atomic mass is 9.74. The highest BCUT2D eigenvalue weighted by atomic mass is 35.5.